The van der Waals surface area contributed by atoms with Crippen molar-refractivity contribution in [3.63, 3.8) is 0 Å². The summed E-state index contributed by atoms with van der Waals surface area (Å²) >= 11 is 0. The fourth-order valence-electron chi connectivity index (χ4n) is 3.25. The lowest BCUT2D eigenvalue weighted by atomic mass is 9.80. The molecular weight excluding hydrogens is 280 g/mol. The summed E-state index contributed by atoms with van der Waals surface area (Å²) in [4.78, 5) is 2.42. The van der Waals surface area contributed by atoms with E-state index >= 15 is 0 Å². The van der Waals surface area contributed by atoms with Crippen molar-refractivity contribution in [3.05, 3.63) is 17.7 Å². The molecule has 1 saturated heterocycles. The number of rotatable bonds is 4. The number of piperazine rings is 1. The Hall–Kier alpha value is -1.46. The van der Waals surface area contributed by atoms with Gasteiger partial charge >= 0.3 is 0 Å². The van der Waals surface area contributed by atoms with Gasteiger partial charge in [0.25, 0.3) is 0 Å². The van der Waals surface area contributed by atoms with E-state index < -0.39 is 0 Å². The number of phenols is 1. The van der Waals surface area contributed by atoms with Gasteiger partial charge in [-0.1, -0.05) is 20.8 Å². The van der Waals surface area contributed by atoms with Gasteiger partial charge in [-0.2, -0.15) is 0 Å². The number of methoxy groups -OCH3 is 2. The van der Waals surface area contributed by atoms with Crippen LogP contribution in [0.25, 0.3) is 0 Å². The number of ether oxygens (including phenoxy) is 2. The third kappa shape index (κ3) is 3.47. The van der Waals surface area contributed by atoms with Crippen LogP contribution in [-0.4, -0.2) is 50.4 Å². The molecule has 22 heavy (non-hydrogen) atoms. The zero-order valence-electron chi connectivity index (χ0n) is 14.3. The largest absolute Gasteiger partial charge is 0.507 e. The van der Waals surface area contributed by atoms with Crippen molar-refractivity contribution in [3.8, 4) is 17.2 Å². The Morgan fingerprint density at radius 2 is 1.77 bits per heavy atom. The van der Waals surface area contributed by atoms with Crippen LogP contribution in [0.3, 0.4) is 0 Å². The third-order valence-electron chi connectivity index (χ3n) is 4.16. The molecule has 0 aromatic heterocycles. The monoisotopic (exact) mass is 308 g/mol. The molecule has 5 nitrogen and oxygen atoms in total. The number of aromatic hydroxyl groups is 1. The van der Waals surface area contributed by atoms with Gasteiger partial charge in [-0.15, -0.1) is 0 Å². The summed E-state index contributed by atoms with van der Waals surface area (Å²) in [6.45, 7) is 10.4. The van der Waals surface area contributed by atoms with Crippen LogP contribution in [0.5, 0.6) is 17.2 Å². The number of hydrogen-bond donors (Lipinski definition) is 2. The summed E-state index contributed by atoms with van der Waals surface area (Å²) in [5.41, 5.74) is 0.814. The van der Waals surface area contributed by atoms with Crippen LogP contribution in [0, 0.1) is 5.41 Å². The van der Waals surface area contributed by atoms with Gasteiger partial charge in [0.15, 0.2) is 0 Å². The van der Waals surface area contributed by atoms with Gasteiger partial charge in [-0.3, -0.25) is 4.90 Å². The Labute approximate surface area is 133 Å². The van der Waals surface area contributed by atoms with Crippen molar-refractivity contribution < 1.29 is 14.6 Å². The topological polar surface area (TPSA) is 54.0 Å². The van der Waals surface area contributed by atoms with E-state index in [0.29, 0.717) is 11.5 Å². The van der Waals surface area contributed by atoms with Crippen LogP contribution in [0.1, 0.15) is 32.4 Å². The fraction of sp³-hybridized carbons (Fsp3) is 0.647. The van der Waals surface area contributed by atoms with Crippen LogP contribution in [0.15, 0.2) is 12.1 Å². The normalized spacial score (nSPS) is 18.0. The molecule has 1 aliphatic heterocycles. The van der Waals surface area contributed by atoms with Gasteiger partial charge in [0.1, 0.15) is 17.2 Å². The lowest BCUT2D eigenvalue weighted by Gasteiger charge is -2.43. The van der Waals surface area contributed by atoms with E-state index in [1.165, 1.54) is 0 Å². The van der Waals surface area contributed by atoms with E-state index in [2.05, 4.69) is 31.0 Å². The minimum Gasteiger partial charge on any atom is -0.507 e. The van der Waals surface area contributed by atoms with E-state index in [1.54, 1.807) is 20.3 Å². The molecule has 0 saturated carbocycles. The number of nitrogens with zero attached hydrogens (tertiary/aromatic N) is 1. The Morgan fingerprint density at radius 3 is 2.27 bits per heavy atom. The lowest BCUT2D eigenvalue weighted by Crippen LogP contribution is -2.48. The molecule has 1 aromatic carbocycles. The molecule has 2 N–H and O–H groups in total. The average molecular weight is 308 g/mol. The minimum absolute atomic E-state index is 0.0311. The van der Waals surface area contributed by atoms with Gasteiger partial charge < -0.3 is 19.9 Å². The zero-order valence-corrected chi connectivity index (χ0v) is 14.3. The van der Waals surface area contributed by atoms with Gasteiger partial charge in [0, 0.05) is 44.4 Å². The molecule has 0 radical (unpaired) electrons. The van der Waals surface area contributed by atoms with Crippen LogP contribution in [0.4, 0.5) is 0 Å². The van der Waals surface area contributed by atoms with E-state index in [1.807, 2.05) is 6.07 Å². The first-order valence-electron chi connectivity index (χ1n) is 7.78. The highest BCUT2D eigenvalue weighted by atomic mass is 16.5. The molecule has 0 unspecified atom stereocenters. The first-order valence-corrected chi connectivity index (χ1v) is 7.78. The molecular formula is C17H28N2O3. The summed E-state index contributed by atoms with van der Waals surface area (Å²) in [5, 5.41) is 14.0. The summed E-state index contributed by atoms with van der Waals surface area (Å²) < 4.78 is 10.8. The maximum absolute atomic E-state index is 10.6. The van der Waals surface area contributed by atoms with Crippen molar-refractivity contribution in [1.29, 1.82) is 0 Å². The molecule has 1 heterocycles. The maximum Gasteiger partial charge on any atom is 0.131 e. The number of hydrogen-bond acceptors (Lipinski definition) is 5. The number of phenolic OH excluding ortho intramolecular Hbond substituents is 1. The van der Waals surface area contributed by atoms with Crippen LogP contribution < -0.4 is 14.8 Å². The van der Waals surface area contributed by atoms with Crippen LogP contribution in [0.2, 0.25) is 0 Å². The molecule has 1 aromatic rings. The van der Waals surface area contributed by atoms with Crippen molar-refractivity contribution in [2.75, 3.05) is 40.4 Å². The smallest absolute Gasteiger partial charge is 0.131 e. The Bertz CT molecular complexity index is 505. The zero-order chi connectivity index (χ0) is 16.3. The second-order valence-electron chi connectivity index (χ2n) is 6.82. The van der Waals surface area contributed by atoms with Gasteiger partial charge in [-0.05, 0) is 5.41 Å². The first kappa shape index (κ1) is 16.9. The van der Waals surface area contributed by atoms with Crippen molar-refractivity contribution in [2.24, 2.45) is 5.41 Å². The molecule has 1 aliphatic rings. The fourth-order valence-corrected chi connectivity index (χ4v) is 3.25. The quantitative estimate of drug-likeness (QED) is 0.894. The Balaban J connectivity index is 2.51. The predicted molar refractivity (Wildman–Crippen MR) is 87.8 cm³/mol. The second-order valence-corrected chi connectivity index (χ2v) is 6.82. The highest BCUT2D eigenvalue weighted by Gasteiger charge is 2.36. The van der Waals surface area contributed by atoms with E-state index in [0.717, 1.165) is 31.7 Å². The number of nitrogens with one attached hydrogen (secondary N) is 1. The Morgan fingerprint density at radius 1 is 1.14 bits per heavy atom. The van der Waals surface area contributed by atoms with Crippen LogP contribution in [-0.2, 0) is 0 Å². The lowest BCUT2D eigenvalue weighted by molar-refractivity contribution is 0.0820. The average Bonchev–Trinajstić information content (AvgIpc) is 2.48. The Kier molecular flexibility index (Phi) is 5.19. The predicted octanol–water partition coefficient (Wildman–Crippen LogP) is 2.40. The highest BCUT2D eigenvalue weighted by molar-refractivity contribution is 5.52. The summed E-state index contributed by atoms with van der Waals surface area (Å²) in [6.07, 6.45) is 0. The molecule has 1 atom stereocenters. The van der Waals surface area contributed by atoms with Crippen LogP contribution >= 0.6 is 0 Å². The molecule has 0 aliphatic carbocycles. The van der Waals surface area contributed by atoms with E-state index in [9.17, 15) is 5.11 Å². The second kappa shape index (κ2) is 6.75. The van der Waals surface area contributed by atoms with Gasteiger partial charge in [0.2, 0.25) is 0 Å². The molecule has 124 valence electrons. The van der Waals surface area contributed by atoms with Crippen molar-refractivity contribution in [1.82, 2.24) is 10.2 Å². The summed E-state index contributed by atoms with van der Waals surface area (Å²) in [5.74, 6) is 1.51. The minimum atomic E-state index is -0.0311. The van der Waals surface area contributed by atoms with Crippen molar-refractivity contribution >= 4 is 0 Å². The molecule has 0 spiro atoms. The van der Waals surface area contributed by atoms with Gasteiger partial charge in [-0.25, -0.2) is 0 Å². The molecule has 5 heteroatoms. The maximum atomic E-state index is 10.6. The van der Waals surface area contributed by atoms with E-state index in [4.69, 9.17) is 9.47 Å². The molecule has 0 amide bonds. The molecule has 2 rings (SSSR count). The summed E-state index contributed by atoms with van der Waals surface area (Å²) in [7, 11) is 3.22. The standard InChI is InChI=1S/C17H28N2O3/c1-17(2,3)16(19-8-6-18-7-9-19)15-13(20)10-12(21-4)11-14(15)22-5/h10-11,16,18,20H,6-9H2,1-5H3/t16-/m1/s1. The molecule has 0 bridgehead atoms. The first-order chi connectivity index (χ1) is 10.4. The van der Waals surface area contributed by atoms with Crippen molar-refractivity contribution in [2.45, 2.75) is 26.8 Å². The highest BCUT2D eigenvalue weighted by Crippen LogP contribution is 2.47. The summed E-state index contributed by atoms with van der Waals surface area (Å²) in [6, 6.07) is 3.59. The van der Waals surface area contributed by atoms with Gasteiger partial charge in [0.05, 0.1) is 19.8 Å². The molecule has 1 fully saturated rings. The SMILES string of the molecule is COc1cc(O)c([C@@H](N2CCNCC2)C(C)(C)C)c(OC)c1. The van der Waals surface area contributed by atoms with E-state index in [-0.39, 0.29) is 17.2 Å². The number of benzene rings is 1. The third-order valence-corrected chi connectivity index (χ3v) is 4.16.